The highest BCUT2D eigenvalue weighted by Gasteiger charge is 2.26. The van der Waals surface area contributed by atoms with Crippen molar-refractivity contribution in [3.63, 3.8) is 0 Å². The fourth-order valence-electron chi connectivity index (χ4n) is 3.35. The Kier molecular flexibility index (Phi) is 6.37. The Balaban J connectivity index is 1.56. The third-order valence-corrected chi connectivity index (χ3v) is 6.12. The first-order valence-electron chi connectivity index (χ1n) is 10.6. The number of thiazole rings is 1. The maximum absolute atomic E-state index is 13.5. The molecule has 3 heterocycles. The molecule has 5 aromatic rings. The van der Waals surface area contributed by atoms with Crippen LogP contribution in [0.3, 0.4) is 0 Å². The Morgan fingerprint density at radius 3 is 2.69 bits per heavy atom. The SMILES string of the molecule is COc1ccccc1NC(=O)C(N=Nc1c(C#N)cnn1-c1ncccn1)c1nc2ccccc2s1. The maximum Gasteiger partial charge on any atom is 0.258 e. The topological polar surface area (TPSA) is 143 Å². The third kappa shape index (κ3) is 4.50. The molecule has 176 valence electrons. The normalized spacial score (nSPS) is 11.9. The summed E-state index contributed by atoms with van der Waals surface area (Å²) in [7, 11) is 1.52. The van der Waals surface area contributed by atoms with Gasteiger partial charge in [0, 0.05) is 12.4 Å². The van der Waals surface area contributed by atoms with E-state index < -0.39 is 11.9 Å². The second kappa shape index (κ2) is 10.1. The fourth-order valence-corrected chi connectivity index (χ4v) is 4.35. The summed E-state index contributed by atoms with van der Waals surface area (Å²) in [5.74, 6) is 0.336. The second-order valence-electron chi connectivity index (χ2n) is 7.28. The van der Waals surface area contributed by atoms with E-state index in [0.717, 1.165) is 10.2 Å². The van der Waals surface area contributed by atoms with Crippen molar-refractivity contribution in [2.45, 2.75) is 6.04 Å². The van der Waals surface area contributed by atoms with Gasteiger partial charge in [-0.25, -0.2) is 15.0 Å². The highest BCUT2D eigenvalue weighted by Crippen LogP contribution is 2.32. The maximum atomic E-state index is 13.5. The van der Waals surface area contributed by atoms with Crippen molar-refractivity contribution in [3.8, 4) is 17.8 Å². The average molecular weight is 496 g/mol. The Morgan fingerprint density at radius 2 is 1.92 bits per heavy atom. The number of aromatic nitrogens is 5. The van der Waals surface area contributed by atoms with Gasteiger partial charge in [0.25, 0.3) is 11.9 Å². The molecule has 1 unspecified atom stereocenters. The minimum atomic E-state index is -1.11. The van der Waals surface area contributed by atoms with Crippen LogP contribution in [0.4, 0.5) is 11.5 Å². The number of para-hydroxylation sites is 3. The van der Waals surface area contributed by atoms with E-state index in [0.29, 0.717) is 16.4 Å². The Bertz CT molecular complexity index is 1570. The summed E-state index contributed by atoms with van der Waals surface area (Å²) in [6.07, 6.45) is 4.43. The number of anilines is 1. The zero-order chi connectivity index (χ0) is 24.9. The summed E-state index contributed by atoms with van der Waals surface area (Å²) in [5, 5.41) is 25.6. The van der Waals surface area contributed by atoms with Crippen LogP contribution >= 0.6 is 11.3 Å². The van der Waals surface area contributed by atoms with Crippen molar-refractivity contribution in [2.24, 2.45) is 10.2 Å². The molecule has 0 aliphatic heterocycles. The number of azo groups is 1. The average Bonchev–Trinajstić information content (AvgIpc) is 3.53. The van der Waals surface area contributed by atoms with Crippen molar-refractivity contribution in [1.29, 1.82) is 5.26 Å². The Labute approximate surface area is 208 Å². The lowest BCUT2D eigenvalue weighted by molar-refractivity contribution is -0.117. The first-order chi connectivity index (χ1) is 17.7. The van der Waals surface area contributed by atoms with Gasteiger partial charge in [-0.1, -0.05) is 24.3 Å². The van der Waals surface area contributed by atoms with E-state index in [1.807, 2.05) is 30.3 Å². The van der Waals surface area contributed by atoms with Gasteiger partial charge in [0.15, 0.2) is 5.82 Å². The monoisotopic (exact) mass is 495 g/mol. The number of ether oxygens (including phenoxy) is 1. The number of methoxy groups -OCH3 is 1. The van der Waals surface area contributed by atoms with Gasteiger partial charge >= 0.3 is 0 Å². The van der Waals surface area contributed by atoms with Crippen LogP contribution < -0.4 is 10.1 Å². The van der Waals surface area contributed by atoms with Crippen molar-refractivity contribution in [2.75, 3.05) is 12.4 Å². The summed E-state index contributed by atoms with van der Waals surface area (Å²) >= 11 is 1.33. The van der Waals surface area contributed by atoms with E-state index in [1.54, 1.807) is 42.7 Å². The van der Waals surface area contributed by atoms with Gasteiger partial charge < -0.3 is 10.1 Å². The molecule has 1 N–H and O–H groups in total. The molecule has 0 bridgehead atoms. The van der Waals surface area contributed by atoms with E-state index in [1.165, 1.54) is 29.3 Å². The summed E-state index contributed by atoms with van der Waals surface area (Å²) in [6.45, 7) is 0. The number of fused-ring (bicyclic) bond motifs is 1. The largest absolute Gasteiger partial charge is 0.495 e. The van der Waals surface area contributed by atoms with Gasteiger partial charge in [-0.15, -0.1) is 16.5 Å². The van der Waals surface area contributed by atoms with Crippen LogP contribution in [0, 0.1) is 11.3 Å². The number of carbonyl (C=O) groups excluding carboxylic acids is 1. The van der Waals surface area contributed by atoms with Crippen LogP contribution in [-0.2, 0) is 4.79 Å². The molecule has 0 radical (unpaired) electrons. The number of hydrogen-bond donors (Lipinski definition) is 1. The molecule has 0 aliphatic rings. The molecule has 0 spiro atoms. The molecule has 36 heavy (non-hydrogen) atoms. The van der Waals surface area contributed by atoms with Crippen LogP contribution in [0.2, 0.25) is 0 Å². The molecule has 11 nitrogen and oxygen atoms in total. The van der Waals surface area contributed by atoms with Crippen LogP contribution in [-0.4, -0.2) is 37.7 Å². The van der Waals surface area contributed by atoms with Gasteiger partial charge in [0.1, 0.15) is 22.4 Å². The highest BCUT2D eigenvalue weighted by atomic mass is 32.1. The minimum Gasteiger partial charge on any atom is -0.495 e. The number of benzene rings is 2. The molecule has 2 aromatic carbocycles. The molecule has 5 rings (SSSR count). The van der Waals surface area contributed by atoms with Crippen LogP contribution in [0.5, 0.6) is 5.75 Å². The fraction of sp³-hybridized carbons (Fsp3) is 0.0833. The lowest BCUT2D eigenvalue weighted by atomic mass is 10.2. The smallest absolute Gasteiger partial charge is 0.258 e. The van der Waals surface area contributed by atoms with Crippen molar-refractivity contribution in [3.05, 3.63) is 83.8 Å². The van der Waals surface area contributed by atoms with E-state index >= 15 is 0 Å². The van der Waals surface area contributed by atoms with Crippen molar-refractivity contribution < 1.29 is 9.53 Å². The predicted octanol–water partition coefficient (Wildman–Crippen LogP) is 4.62. The number of hydrogen-bond acceptors (Lipinski definition) is 10. The van der Waals surface area contributed by atoms with Gasteiger partial charge in [0.2, 0.25) is 6.04 Å². The van der Waals surface area contributed by atoms with E-state index in [-0.39, 0.29) is 17.3 Å². The summed E-state index contributed by atoms with van der Waals surface area (Å²) in [4.78, 5) is 26.4. The second-order valence-corrected chi connectivity index (χ2v) is 8.34. The first kappa shape index (κ1) is 22.8. The van der Waals surface area contributed by atoms with Crippen LogP contribution in [0.15, 0.2) is 83.4 Å². The molecular weight excluding hydrogens is 478 g/mol. The van der Waals surface area contributed by atoms with Crippen LogP contribution in [0.1, 0.15) is 16.6 Å². The van der Waals surface area contributed by atoms with Crippen LogP contribution in [0.25, 0.3) is 16.2 Å². The minimum absolute atomic E-state index is 0.0971. The molecule has 0 aliphatic carbocycles. The van der Waals surface area contributed by atoms with Gasteiger partial charge in [0.05, 0.1) is 29.2 Å². The lowest BCUT2D eigenvalue weighted by Gasteiger charge is -2.12. The molecule has 1 amide bonds. The molecule has 0 saturated carbocycles. The molecule has 12 heteroatoms. The zero-order valence-electron chi connectivity index (χ0n) is 18.8. The number of nitrogens with one attached hydrogen (secondary N) is 1. The number of nitrogens with zero attached hydrogens (tertiary/aromatic N) is 8. The molecule has 0 fully saturated rings. The lowest BCUT2D eigenvalue weighted by Crippen LogP contribution is -2.20. The summed E-state index contributed by atoms with van der Waals surface area (Å²) in [6, 6.07) is 17.2. The van der Waals surface area contributed by atoms with Gasteiger partial charge in [-0.2, -0.15) is 20.2 Å². The quantitative estimate of drug-likeness (QED) is 0.325. The molecular formula is C24H17N9O2S. The third-order valence-electron chi connectivity index (χ3n) is 5.03. The number of nitriles is 1. The Hall–Kier alpha value is -5.02. The molecule has 1 atom stereocenters. The predicted molar refractivity (Wildman–Crippen MR) is 132 cm³/mol. The van der Waals surface area contributed by atoms with E-state index in [9.17, 15) is 10.1 Å². The van der Waals surface area contributed by atoms with E-state index in [4.69, 9.17) is 4.74 Å². The number of rotatable bonds is 7. The Morgan fingerprint density at radius 1 is 1.14 bits per heavy atom. The number of carbonyl (C=O) groups is 1. The highest BCUT2D eigenvalue weighted by molar-refractivity contribution is 7.18. The van der Waals surface area contributed by atoms with Crippen molar-refractivity contribution in [1.82, 2.24) is 24.7 Å². The first-order valence-corrected chi connectivity index (χ1v) is 11.5. The summed E-state index contributed by atoms with van der Waals surface area (Å²) < 4.78 is 7.54. The van der Waals surface area contributed by atoms with Crippen molar-refractivity contribution >= 4 is 39.0 Å². The van der Waals surface area contributed by atoms with Gasteiger partial charge in [-0.3, -0.25) is 4.79 Å². The van der Waals surface area contributed by atoms with E-state index in [2.05, 4.69) is 35.6 Å². The molecule has 3 aromatic heterocycles. The van der Waals surface area contributed by atoms with Gasteiger partial charge in [-0.05, 0) is 30.3 Å². The summed E-state index contributed by atoms with van der Waals surface area (Å²) in [5.41, 5.74) is 1.37. The zero-order valence-corrected chi connectivity index (χ0v) is 19.6. The molecule has 0 saturated heterocycles. The standard InChI is InChI=1S/C24H17N9O2S/c1-35-18-9-4-2-7-16(18)29-22(34)20(23-30-17-8-3-5-10-19(17)36-23)31-32-21-15(13-25)14-28-33(21)24-26-11-6-12-27-24/h2-12,14,20H,1H3,(H,29,34). The number of amides is 1.